The van der Waals surface area contributed by atoms with Crippen LogP contribution in [0.5, 0.6) is 5.75 Å². The number of benzene rings is 1. The summed E-state index contributed by atoms with van der Waals surface area (Å²) in [6, 6.07) is 7.75. The molecule has 258 valence electrons. The summed E-state index contributed by atoms with van der Waals surface area (Å²) in [5, 5.41) is 49.8. The summed E-state index contributed by atoms with van der Waals surface area (Å²) < 4.78 is 5.92. The SMILES string of the molecule is CCCCCCN(CCOc1ccc(CCCCN=C(N)NC(=O)c2nc(Cl)c(N)nc2N)cc1)C[C@@H](O)[C@H](O)[C@@H](O)[C@@H](O)C[OH2+]. The Bertz CT molecular complexity index is 1220. The number of ether oxygens (including phenoxy) is 1. The summed E-state index contributed by atoms with van der Waals surface area (Å²) in [6.45, 7) is 3.69. The number of carbonyl (C=O) groups is 1. The van der Waals surface area contributed by atoms with Crippen LogP contribution in [0.4, 0.5) is 11.6 Å². The van der Waals surface area contributed by atoms with Crippen molar-refractivity contribution < 1.29 is 35.1 Å². The van der Waals surface area contributed by atoms with E-state index in [2.05, 4.69) is 27.2 Å². The quantitative estimate of drug-likeness (QED) is 0.0372. The molecule has 13 N–H and O–H groups in total. The van der Waals surface area contributed by atoms with Crippen molar-refractivity contribution in [2.75, 3.05) is 50.9 Å². The number of hydrogen-bond acceptors (Lipinski definition) is 12. The van der Waals surface area contributed by atoms with Gasteiger partial charge in [-0.1, -0.05) is 49.9 Å². The zero-order valence-corrected chi connectivity index (χ0v) is 27.1. The molecular weight excluding hydrogens is 620 g/mol. The van der Waals surface area contributed by atoms with Gasteiger partial charge in [-0.15, -0.1) is 0 Å². The van der Waals surface area contributed by atoms with Crippen LogP contribution in [0.1, 0.15) is 61.5 Å². The number of aryl methyl sites for hydroxylation is 1. The van der Waals surface area contributed by atoms with Crippen LogP contribution in [-0.2, 0) is 6.42 Å². The van der Waals surface area contributed by atoms with Crippen LogP contribution in [0.25, 0.3) is 0 Å². The summed E-state index contributed by atoms with van der Waals surface area (Å²) in [5.41, 5.74) is 17.9. The molecule has 0 fully saturated rings. The topological polar surface area (TPSA) is 262 Å². The van der Waals surface area contributed by atoms with Gasteiger partial charge in [-0.2, -0.15) is 0 Å². The van der Waals surface area contributed by atoms with Crippen molar-refractivity contribution >= 4 is 35.1 Å². The summed E-state index contributed by atoms with van der Waals surface area (Å²) in [7, 11) is 0. The lowest BCUT2D eigenvalue weighted by molar-refractivity contribution is -0.119. The second-order valence-electron chi connectivity index (χ2n) is 11.0. The largest absolute Gasteiger partial charge is 0.492 e. The second-order valence-corrected chi connectivity index (χ2v) is 11.3. The van der Waals surface area contributed by atoms with Crippen molar-refractivity contribution in [3.63, 3.8) is 0 Å². The van der Waals surface area contributed by atoms with Gasteiger partial charge in [-0.3, -0.25) is 20.0 Å². The lowest BCUT2D eigenvalue weighted by atomic mass is 10.0. The predicted molar refractivity (Wildman–Crippen MR) is 178 cm³/mol. The number of nitrogens with two attached hydrogens (primary N) is 3. The smallest absolute Gasteiger partial charge is 0.280 e. The Morgan fingerprint density at radius 3 is 2.37 bits per heavy atom. The molecule has 2 rings (SSSR count). The number of aromatic nitrogens is 2. The van der Waals surface area contributed by atoms with Gasteiger partial charge in [-0.05, 0) is 49.9 Å². The maximum absolute atomic E-state index is 12.3. The third kappa shape index (κ3) is 13.6. The van der Waals surface area contributed by atoms with E-state index in [0.717, 1.165) is 50.5 Å². The number of aliphatic imine (C=N–C) groups is 1. The van der Waals surface area contributed by atoms with Crippen LogP contribution in [0.3, 0.4) is 0 Å². The number of unbranched alkanes of at least 4 members (excludes halogenated alkanes) is 4. The fourth-order valence-electron chi connectivity index (χ4n) is 4.51. The third-order valence-corrected chi connectivity index (χ3v) is 7.52. The molecule has 0 aliphatic carbocycles. The van der Waals surface area contributed by atoms with Crippen molar-refractivity contribution in [3.8, 4) is 5.75 Å². The third-order valence-electron chi connectivity index (χ3n) is 7.24. The van der Waals surface area contributed by atoms with Gasteiger partial charge in [0.2, 0.25) is 0 Å². The molecule has 0 radical (unpaired) electrons. The summed E-state index contributed by atoms with van der Waals surface area (Å²) >= 11 is 5.81. The number of hydrogen-bond donors (Lipinski definition) is 8. The Kier molecular flexibility index (Phi) is 17.5. The maximum Gasteiger partial charge on any atom is 0.280 e. The molecule has 2 aromatic rings. The van der Waals surface area contributed by atoms with Gasteiger partial charge in [0.25, 0.3) is 5.91 Å². The van der Waals surface area contributed by atoms with Crippen molar-refractivity contribution in [2.45, 2.75) is 76.3 Å². The van der Waals surface area contributed by atoms with E-state index in [-0.39, 0.29) is 35.0 Å². The van der Waals surface area contributed by atoms with Crippen LogP contribution >= 0.6 is 11.6 Å². The molecule has 4 atom stereocenters. The van der Waals surface area contributed by atoms with Crippen LogP contribution in [-0.4, -0.2) is 116 Å². The van der Waals surface area contributed by atoms with Gasteiger partial charge < -0.3 is 47.5 Å². The van der Waals surface area contributed by atoms with Gasteiger partial charge in [0.15, 0.2) is 41.2 Å². The standard InChI is InChI=1S/C30H49ClN8O7/c1-2-3-4-7-14-39(17-21(41)24(43)25(44)22(42)18-40)15-16-46-20-11-9-19(10-12-20)8-5-6-13-35-30(34)38-29(45)23-27(32)37-28(33)26(31)36-23/h9-12,21-22,24-25,40-44H,2-8,13-18H2,1H3,(H4,32,33,37)(H3,34,35,38,45)/p+1/t21-,22+,24+,25+/m1/s1. The molecule has 1 aromatic carbocycles. The molecule has 0 aliphatic heterocycles. The Labute approximate surface area is 274 Å². The number of aliphatic hydroxyl groups excluding tert-OH is 4. The number of nitrogens with one attached hydrogen (secondary N) is 1. The number of nitrogen functional groups attached to an aromatic ring is 2. The molecule has 1 heterocycles. The minimum absolute atomic E-state index is 0.0774. The minimum Gasteiger partial charge on any atom is -0.492 e. The molecule has 0 bridgehead atoms. The lowest BCUT2D eigenvalue weighted by Gasteiger charge is -2.30. The first kappa shape index (κ1) is 38.9. The van der Waals surface area contributed by atoms with Gasteiger partial charge in [0.05, 0.1) is 6.10 Å². The van der Waals surface area contributed by atoms with Gasteiger partial charge >= 0.3 is 0 Å². The fourth-order valence-corrected chi connectivity index (χ4v) is 4.64. The van der Waals surface area contributed by atoms with E-state index in [1.54, 1.807) is 0 Å². The molecule has 0 unspecified atom stereocenters. The number of amides is 1. The van der Waals surface area contributed by atoms with E-state index < -0.39 is 36.9 Å². The zero-order chi connectivity index (χ0) is 34.1. The molecule has 0 saturated carbocycles. The second kappa shape index (κ2) is 20.7. The Morgan fingerprint density at radius 1 is 1.00 bits per heavy atom. The van der Waals surface area contributed by atoms with Gasteiger partial charge in [-0.25, -0.2) is 9.97 Å². The normalized spacial score (nSPS) is 14.6. The van der Waals surface area contributed by atoms with Crippen LogP contribution in [0.2, 0.25) is 5.15 Å². The molecular formula is C30H50ClN8O7+. The molecule has 1 amide bonds. The van der Waals surface area contributed by atoms with E-state index in [1.165, 1.54) is 0 Å². The highest BCUT2D eigenvalue weighted by Crippen LogP contribution is 2.17. The van der Waals surface area contributed by atoms with E-state index in [4.69, 9.17) is 38.6 Å². The lowest BCUT2D eigenvalue weighted by Crippen LogP contribution is -2.50. The monoisotopic (exact) mass is 669 g/mol. The Balaban J connectivity index is 1.76. The summed E-state index contributed by atoms with van der Waals surface area (Å²) in [5.74, 6) is -0.320. The molecule has 15 nitrogen and oxygen atoms in total. The van der Waals surface area contributed by atoms with E-state index in [0.29, 0.717) is 32.0 Å². The highest BCUT2D eigenvalue weighted by atomic mass is 35.5. The molecule has 0 spiro atoms. The van der Waals surface area contributed by atoms with Crippen molar-refractivity contribution in [3.05, 3.63) is 40.7 Å². The number of guanidine groups is 1. The molecule has 1 aromatic heterocycles. The fraction of sp³-hybridized carbons (Fsp3) is 0.600. The van der Waals surface area contributed by atoms with Gasteiger partial charge in [0.1, 0.15) is 24.6 Å². The van der Waals surface area contributed by atoms with Crippen molar-refractivity contribution in [1.29, 1.82) is 0 Å². The molecule has 0 aliphatic rings. The predicted octanol–water partition coefficient (Wildman–Crippen LogP) is -0.209. The molecule has 46 heavy (non-hydrogen) atoms. The van der Waals surface area contributed by atoms with Crippen molar-refractivity contribution in [2.24, 2.45) is 10.7 Å². The average molecular weight is 670 g/mol. The highest BCUT2D eigenvalue weighted by Gasteiger charge is 2.32. The van der Waals surface area contributed by atoms with E-state index in [9.17, 15) is 25.2 Å². The summed E-state index contributed by atoms with van der Waals surface area (Å²) in [6.07, 6.45) is 0.652. The number of aliphatic hydroxyl groups is 4. The van der Waals surface area contributed by atoms with Crippen LogP contribution in [0, 0.1) is 0 Å². The highest BCUT2D eigenvalue weighted by molar-refractivity contribution is 6.31. The minimum atomic E-state index is -1.60. The number of nitrogens with zero attached hydrogens (tertiary/aromatic N) is 4. The number of rotatable bonds is 21. The van der Waals surface area contributed by atoms with E-state index >= 15 is 0 Å². The zero-order valence-electron chi connectivity index (χ0n) is 26.3. The maximum atomic E-state index is 12.3. The Hall–Kier alpha value is -3.31. The molecule has 0 saturated heterocycles. The number of halogens is 1. The molecule has 16 heteroatoms. The van der Waals surface area contributed by atoms with E-state index in [1.807, 2.05) is 29.2 Å². The first-order valence-electron chi connectivity index (χ1n) is 15.5. The average Bonchev–Trinajstić information content (AvgIpc) is 3.03. The van der Waals surface area contributed by atoms with Gasteiger partial charge in [0, 0.05) is 19.6 Å². The number of carbonyl (C=O) groups excluding carboxylic acids is 1. The first-order valence-corrected chi connectivity index (χ1v) is 15.8. The first-order chi connectivity index (χ1) is 22.0. The van der Waals surface area contributed by atoms with Crippen LogP contribution < -0.4 is 27.3 Å². The number of anilines is 2. The Morgan fingerprint density at radius 2 is 1.70 bits per heavy atom. The summed E-state index contributed by atoms with van der Waals surface area (Å²) in [4.78, 5) is 26.0. The van der Waals surface area contributed by atoms with Crippen molar-refractivity contribution in [1.82, 2.24) is 20.2 Å². The van der Waals surface area contributed by atoms with Crippen LogP contribution in [0.15, 0.2) is 29.3 Å².